The molecular weight excluding hydrogens is 460 g/mol. The quantitative estimate of drug-likeness (QED) is 0.507. The maximum atomic E-state index is 13.5. The number of carbonyl (C=O) groups is 2. The molecule has 0 spiro atoms. The monoisotopic (exact) mass is 492 g/mol. The number of halogens is 4. The van der Waals surface area contributed by atoms with Gasteiger partial charge in [0.05, 0.1) is 5.56 Å². The highest BCUT2D eigenvalue weighted by Gasteiger charge is 2.60. The van der Waals surface area contributed by atoms with Crippen molar-refractivity contribution >= 4 is 17.5 Å². The third-order valence-electron chi connectivity index (χ3n) is 9.84. The number of hydrogen-bond acceptors (Lipinski definition) is 2. The van der Waals surface area contributed by atoms with Gasteiger partial charge in [-0.05, 0) is 79.9 Å². The summed E-state index contributed by atoms with van der Waals surface area (Å²) in [6, 6.07) is 2.91. The van der Waals surface area contributed by atoms with Crippen LogP contribution in [0.15, 0.2) is 30.4 Å². The van der Waals surface area contributed by atoms with Gasteiger partial charge in [0.2, 0.25) is 11.8 Å². The van der Waals surface area contributed by atoms with Crippen LogP contribution in [0.25, 0.3) is 0 Å². The molecule has 35 heavy (non-hydrogen) atoms. The molecule has 0 saturated heterocycles. The summed E-state index contributed by atoms with van der Waals surface area (Å²) in [4.78, 5) is 25.3. The van der Waals surface area contributed by atoms with E-state index in [0.717, 1.165) is 50.3 Å². The molecular formula is C27H32F4N2O2. The van der Waals surface area contributed by atoms with E-state index in [9.17, 15) is 27.2 Å². The van der Waals surface area contributed by atoms with Crippen molar-refractivity contribution in [2.75, 3.05) is 5.32 Å². The van der Waals surface area contributed by atoms with E-state index in [1.165, 1.54) is 0 Å². The summed E-state index contributed by atoms with van der Waals surface area (Å²) in [6.45, 7) is 3.43. The molecule has 190 valence electrons. The van der Waals surface area contributed by atoms with Crippen LogP contribution in [-0.4, -0.2) is 17.9 Å². The summed E-state index contributed by atoms with van der Waals surface area (Å²) < 4.78 is 53.2. The molecule has 0 radical (unpaired) electrons. The molecule has 3 aliphatic carbocycles. The summed E-state index contributed by atoms with van der Waals surface area (Å²) in [5.41, 5.74) is -1.31. The predicted octanol–water partition coefficient (Wildman–Crippen LogP) is 6.03. The molecule has 4 nitrogen and oxygen atoms in total. The standard InChI is InChI=1S/C27H32F4N2O2/c1-25-11-9-19-17(5-8-22-26(19,2)12-10-23(34)33-22)18(25)6-7-20(25)24(35)32-21-13-16(27(29,30)31)4-3-15(21)14-28/h3-4,10,12-13,17-20,22H,5-9,11,14H2,1-2H3,(H,32,35)(H,33,34)/t17-,18-,19-,20+,22+,25-,26+/m0/s1. The molecule has 2 amide bonds. The van der Waals surface area contributed by atoms with Gasteiger partial charge >= 0.3 is 6.18 Å². The minimum atomic E-state index is -4.57. The maximum Gasteiger partial charge on any atom is 0.416 e. The SMILES string of the molecule is C[C@]12C=CC(=O)N[C@@H]1CC[C@@H]1[C@@H]2CC[C@]2(C)[C@@H](C(=O)Nc3cc(C(F)(F)F)ccc3CF)CC[C@@H]12. The Morgan fingerprint density at radius 3 is 2.60 bits per heavy atom. The Kier molecular flexibility index (Phi) is 5.80. The number of amides is 2. The van der Waals surface area contributed by atoms with Gasteiger partial charge in [-0.25, -0.2) is 4.39 Å². The zero-order valence-corrected chi connectivity index (χ0v) is 20.1. The summed E-state index contributed by atoms with van der Waals surface area (Å²) in [5.74, 6) is 0.506. The average molecular weight is 493 g/mol. The molecule has 8 heteroatoms. The largest absolute Gasteiger partial charge is 0.416 e. The van der Waals surface area contributed by atoms with Crippen molar-refractivity contribution in [1.82, 2.24) is 5.32 Å². The predicted molar refractivity (Wildman–Crippen MR) is 124 cm³/mol. The highest BCUT2D eigenvalue weighted by molar-refractivity contribution is 5.94. The van der Waals surface area contributed by atoms with Crippen LogP contribution < -0.4 is 10.6 Å². The van der Waals surface area contributed by atoms with Crippen LogP contribution in [0.3, 0.4) is 0 Å². The summed E-state index contributed by atoms with van der Waals surface area (Å²) in [7, 11) is 0. The Labute approximate surface area is 202 Å². The highest BCUT2D eigenvalue weighted by Crippen LogP contribution is 2.65. The Hall–Kier alpha value is -2.38. The third kappa shape index (κ3) is 3.87. The molecule has 1 heterocycles. The second-order valence-corrected chi connectivity index (χ2v) is 11.4. The lowest BCUT2D eigenvalue weighted by atomic mass is 9.48. The van der Waals surface area contributed by atoms with Gasteiger partial charge in [0.25, 0.3) is 0 Å². The lowest BCUT2D eigenvalue weighted by Gasteiger charge is -2.58. The van der Waals surface area contributed by atoms with Gasteiger partial charge in [-0.3, -0.25) is 9.59 Å². The Morgan fingerprint density at radius 1 is 1.11 bits per heavy atom. The summed E-state index contributed by atoms with van der Waals surface area (Å²) >= 11 is 0. The zero-order chi connectivity index (χ0) is 25.2. The molecule has 0 aromatic heterocycles. The maximum absolute atomic E-state index is 13.5. The van der Waals surface area contributed by atoms with E-state index in [0.29, 0.717) is 24.2 Å². The highest BCUT2D eigenvalue weighted by atomic mass is 19.4. The summed E-state index contributed by atoms with van der Waals surface area (Å²) in [6.07, 6.45) is 4.41. The van der Waals surface area contributed by atoms with Gasteiger partial charge in [-0.1, -0.05) is 26.0 Å². The first-order valence-electron chi connectivity index (χ1n) is 12.5. The third-order valence-corrected chi connectivity index (χ3v) is 9.84. The minimum Gasteiger partial charge on any atom is -0.349 e. The fourth-order valence-electron chi connectivity index (χ4n) is 7.97. The van der Waals surface area contributed by atoms with Crippen LogP contribution in [0.2, 0.25) is 0 Å². The van der Waals surface area contributed by atoms with Crippen molar-refractivity contribution < 1.29 is 27.2 Å². The number of rotatable bonds is 3. The molecule has 3 fully saturated rings. The lowest BCUT2D eigenvalue weighted by Crippen LogP contribution is -2.59. The smallest absolute Gasteiger partial charge is 0.349 e. The van der Waals surface area contributed by atoms with Crippen molar-refractivity contribution in [3.63, 3.8) is 0 Å². The molecule has 7 atom stereocenters. The van der Waals surface area contributed by atoms with Gasteiger partial charge in [-0.2, -0.15) is 13.2 Å². The summed E-state index contributed by atoms with van der Waals surface area (Å²) in [5, 5.41) is 5.81. The van der Waals surface area contributed by atoms with Crippen molar-refractivity contribution in [2.24, 2.45) is 34.5 Å². The van der Waals surface area contributed by atoms with Gasteiger partial charge in [0.15, 0.2) is 0 Å². The normalized spacial score (nSPS) is 38.2. The van der Waals surface area contributed by atoms with Crippen LogP contribution in [-0.2, 0) is 22.4 Å². The van der Waals surface area contributed by atoms with Crippen molar-refractivity contribution in [2.45, 2.75) is 71.3 Å². The molecule has 1 aromatic carbocycles. The Balaban J connectivity index is 1.37. The zero-order valence-electron chi connectivity index (χ0n) is 20.1. The van der Waals surface area contributed by atoms with E-state index >= 15 is 0 Å². The van der Waals surface area contributed by atoms with Crippen molar-refractivity contribution in [1.29, 1.82) is 0 Å². The van der Waals surface area contributed by atoms with Gasteiger partial charge < -0.3 is 10.6 Å². The molecule has 5 rings (SSSR count). The second-order valence-electron chi connectivity index (χ2n) is 11.4. The molecule has 2 N–H and O–H groups in total. The van der Waals surface area contributed by atoms with Crippen LogP contribution in [0.4, 0.5) is 23.2 Å². The van der Waals surface area contributed by atoms with Gasteiger partial charge in [-0.15, -0.1) is 0 Å². The number of anilines is 1. The molecule has 0 bridgehead atoms. The van der Waals surface area contributed by atoms with E-state index in [2.05, 4.69) is 30.6 Å². The molecule has 0 unspecified atom stereocenters. The first-order valence-corrected chi connectivity index (χ1v) is 12.5. The lowest BCUT2D eigenvalue weighted by molar-refractivity contribution is -0.137. The van der Waals surface area contributed by atoms with Crippen LogP contribution in [0.1, 0.15) is 63.5 Å². The fraction of sp³-hybridized carbons (Fsp3) is 0.630. The number of nitrogens with one attached hydrogen (secondary N) is 2. The number of alkyl halides is 4. The van der Waals surface area contributed by atoms with Crippen molar-refractivity contribution in [3.8, 4) is 0 Å². The number of benzene rings is 1. The molecule has 4 aliphatic rings. The second kappa shape index (κ2) is 8.34. The van der Waals surface area contributed by atoms with Crippen LogP contribution in [0, 0.1) is 34.5 Å². The number of hydrogen-bond donors (Lipinski definition) is 2. The van der Waals surface area contributed by atoms with Gasteiger partial charge in [0.1, 0.15) is 6.67 Å². The van der Waals surface area contributed by atoms with Crippen molar-refractivity contribution in [3.05, 3.63) is 41.5 Å². The fourth-order valence-corrected chi connectivity index (χ4v) is 7.97. The molecule has 3 saturated carbocycles. The average Bonchev–Trinajstić information content (AvgIpc) is 3.16. The number of carbonyl (C=O) groups excluding carboxylic acids is 2. The van der Waals surface area contributed by atoms with Gasteiger partial charge in [0, 0.05) is 28.6 Å². The molecule has 1 aromatic rings. The van der Waals surface area contributed by atoms with Crippen LogP contribution in [0.5, 0.6) is 0 Å². The first-order chi connectivity index (χ1) is 16.5. The first kappa shape index (κ1) is 24.3. The van der Waals surface area contributed by atoms with Crippen LogP contribution >= 0.6 is 0 Å². The minimum absolute atomic E-state index is 0.0357. The Morgan fingerprint density at radius 2 is 1.89 bits per heavy atom. The van der Waals surface area contributed by atoms with E-state index in [1.807, 2.05) is 0 Å². The Bertz CT molecular complexity index is 1070. The van der Waals surface area contributed by atoms with E-state index in [1.54, 1.807) is 6.08 Å². The van der Waals surface area contributed by atoms with E-state index in [4.69, 9.17) is 0 Å². The van der Waals surface area contributed by atoms with E-state index < -0.39 is 18.4 Å². The van der Waals surface area contributed by atoms with E-state index in [-0.39, 0.29) is 45.9 Å². The number of fused-ring (bicyclic) bond motifs is 5. The molecule has 1 aliphatic heterocycles. The topological polar surface area (TPSA) is 58.2 Å².